The number of anilines is 1. The average molecular weight is 463 g/mol. The molecule has 0 fully saturated rings. The number of pyridine rings is 1. The van der Waals surface area contributed by atoms with E-state index in [9.17, 15) is 4.79 Å². The standard InChI is InChI=1S/C30H26N2O3/c1-34-26-13-10-19(17-27(26)35-2)28-29-21-9-6-14-31-22(21)11-12-23(29)32-24-15-20(16-25(33)30(24)28)18-7-4-3-5-8-18/h3-14,17,20,28,32H,15-16H2,1-2H3/t20-,28-/m1/s1. The predicted octanol–water partition coefficient (Wildman–Crippen LogP) is 6.21. The third kappa shape index (κ3) is 3.55. The maximum atomic E-state index is 13.9. The number of carbonyl (C=O) groups is 1. The van der Waals surface area contributed by atoms with Crippen molar-refractivity contribution in [1.82, 2.24) is 4.98 Å². The van der Waals surface area contributed by atoms with E-state index in [4.69, 9.17) is 9.47 Å². The number of methoxy groups -OCH3 is 2. The van der Waals surface area contributed by atoms with Crippen molar-refractivity contribution in [3.8, 4) is 11.5 Å². The van der Waals surface area contributed by atoms with Crippen molar-refractivity contribution in [3.63, 3.8) is 0 Å². The summed E-state index contributed by atoms with van der Waals surface area (Å²) in [4.78, 5) is 18.4. The minimum absolute atomic E-state index is 0.157. The molecule has 3 aromatic carbocycles. The lowest BCUT2D eigenvalue weighted by molar-refractivity contribution is -0.116. The van der Waals surface area contributed by atoms with Gasteiger partial charge >= 0.3 is 0 Å². The van der Waals surface area contributed by atoms with Crippen LogP contribution in [-0.4, -0.2) is 25.0 Å². The Morgan fingerprint density at radius 1 is 0.857 bits per heavy atom. The van der Waals surface area contributed by atoms with Gasteiger partial charge in [-0.15, -0.1) is 0 Å². The maximum absolute atomic E-state index is 13.9. The van der Waals surface area contributed by atoms with Crippen LogP contribution in [0.5, 0.6) is 11.5 Å². The molecule has 2 aliphatic rings. The van der Waals surface area contributed by atoms with E-state index < -0.39 is 0 Å². The fraction of sp³-hybridized carbons (Fsp3) is 0.200. The molecule has 0 amide bonds. The lowest BCUT2D eigenvalue weighted by Gasteiger charge is -2.37. The quantitative estimate of drug-likeness (QED) is 0.391. The number of benzene rings is 3. The van der Waals surface area contributed by atoms with Gasteiger partial charge in [0.2, 0.25) is 0 Å². The van der Waals surface area contributed by atoms with Gasteiger partial charge in [-0.3, -0.25) is 9.78 Å². The first kappa shape index (κ1) is 21.4. The van der Waals surface area contributed by atoms with Gasteiger partial charge in [-0.2, -0.15) is 0 Å². The molecule has 35 heavy (non-hydrogen) atoms. The number of carbonyl (C=O) groups excluding carboxylic acids is 1. The highest BCUT2D eigenvalue weighted by Crippen LogP contribution is 2.50. The highest BCUT2D eigenvalue weighted by atomic mass is 16.5. The summed E-state index contributed by atoms with van der Waals surface area (Å²) >= 11 is 0. The van der Waals surface area contributed by atoms with Crippen LogP contribution in [0.2, 0.25) is 0 Å². The molecule has 1 aromatic heterocycles. The number of ether oxygens (including phenoxy) is 2. The minimum Gasteiger partial charge on any atom is -0.493 e. The fourth-order valence-corrected chi connectivity index (χ4v) is 5.61. The van der Waals surface area contributed by atoms with Crippen LogP contribution in [0.3, 0.4) is 0 Å². The topological polar surface area (TPSA) is 60.5 Å². The second-order valence-electron chi connectivity index (χ2n) is 9.10. The van der Waals surface area contributed by atoms with Gasteiger partial charge in [0.15, 0.2) is 17.3 Å². The predicted molar refractivity (Wildman–Crippen MR) is 137 cm³/mol. The Labute approximate surface area is 204 Å². The number of rotatable bonds is 4. The smallest absolute Gasteiger partial charge is 0.162 e. The zero-order chi connectivity index (χ0) is 23.9. The van der Waals surface area contributed by atoms with E-state index in [1.54, 1.807) is 20.4 Å². The molecule has 2 atom stereocenters. The van der Waals surface area contributed by atoms with Gasteiger partial charge in [-0.1, -0.05) is 42.5 Å². The zero-order valence-electron chi connectivity index (χ0n) is 19.7. The Hall–Kier alpha value is -4.12. The molecule has 0 radical (unpaired) electrons. The summed E-state index contributed by atoms with van der Waals surface area (Å²) in [7, 11) is 3.27. The molecule has 0 spiro atoms. The van der Waals surface area contributed by atoms with Gasteiger partial charge in [0.05, 0.1) is 19.7 Å². The molecule has 5 heteroatoms. The molecule has 6 rings (SSSR count). The molecule has 2 heterocycles. The van der Waals surface area contributed by atoms with E-state index in [2.05, 4.69) is 34.6 Å². The number of nitrogens with one attached hydrogen (secondary N) is 1. The Kier molecular flexibility index (Phi) is 5.25. The number of ketones is 1. The maximum Gasteiger partial charge on any atom is 0.162 e. The van der Waals surface area contributed by atoms with Crippen LogP contribution in [0, 0.1) is 0 Å². The van der Waals surface area contributed by atoms with Crippen LogP contribution in [-0.2, 0) is 4.79 Å². The van der Waals surface area contributed by atoms with Crippen molar-refractivity contribution in [1.29, 1.82) is 0 Å². The summed E-state index contributed by atoms with van der Waals surface area (Å²) in [5.74, 6) is 1.43. The Morgan fingerprint density at radius 2 is 1.69 bits per heavy atom. The molecular formula is C30H26N2O3. The van der Waals surface area contributed by atoms with Crippen molar-refractivity contribution >= 4 is 22.4 Å². The van der Waals surface area contributed by atoms with Crippen LogP contribution in [0.15, 0.2) is 90.3 Å². The lowest BCUT2D eigenvalue weighted by Crippen LogP contribution is -2.30. The number of allylic oxidation sites excluding steroid dienone is 2. The Morgan fingerprint density at radius 3 is 2.49 bits per heavy atom. The molecule has 1 aliphatic carbocycles. The van der Waals surface area contributed by atoms with E-state index in [0.29, 0.717) is 17.9 Å². The first-order chi connectivity index (χ1) is 17.2. The number of hydrogen-bond acceptors (Lipinski definition) is 5. The van der Waals surface area contributed by atoms with Crippen LogP contribution in [0.1, 0.15) is 41.4 Å². The normalized spacial score (nSPS) is 19.1. The van der Waals surface area contributed by atoms with Gasteiger partial charge in [0.25, 0.3) is 0 Å². The van der Waals surface area contributed by atoms with Crippen molar-refractivity contribution in [2.75, 3.05) is 19.5 Å². The number of nitrogens with zero attached hydrogens (tertiary/aromatic N) is 1. The second-order valence-corrected chi connectivity index (χ2v) is 9.10. The van der Waals surface area contributed by atoms with Gasteiger partial charge in [0.1, 0.15) is 0 Å². The molecule has 174 valence electrons. The van der Waals surface area contributed by atoms with E-state index in [-0.39, 0.29) is 17.6 Å². The largest absolute Gasteiger partial charge is 0.493 e. The Bertz CT molecular complexity index is 1480. The molecule has 0 bridgehead atoms. The van der Waals surface area contributed by atoms with Crippen LogP contribution >= 0.6 is 0 Å². The highest BCUT2D eigenvalue weighted by Gasteiger charge is 2.39. The first-order valence-corrected chi connectivity index (χ1v) is 11.9. The van der Waals surface area contributed by atoms with Gasteiger partial charge in [0, 0.05) is 40.9 Å². The molecule has 0 saturated carbocycles. The summed E-state index contributed by atoms with van der Waals surface area (Å²) in [5.41, 5.74) is 7.05. The number of aromatic nitrogens is 1. The van der Waals surface area contributed by atoms with Crippen molar-refractivity contribution in [2.24, 2.45) is 0 Å². The average Bonchev–Trinajstić information content (AvgIpc) is 2.91. The van der Waals surface area contributed by atoms with Crippen LogP contribution in [0.4, 0.5) is 5.69 Å². The number of hydrogen-bond donors (Lipinski definition) is 1. The molecule has 0 saturated heterocycles. The van der Waals surface area contributed by atoms with Crippen LogP contribution in [0.25, 0.3) is 10.9 Å². The number of fused-ring (bicyclic) bond motifs is 3. The van der Waals surface area contributed by atoms with Gasteiger partial charge in [-0.05, 0) is 59.4 Å². The van der Waals surface area contributed by atoms with Crippen molar-refractivity contribution in [3.05, 3.63) is 107 Å². The van der Waals surface area contributed by atoms with Gasteiger partial charge in [-0.25, -0.2) is 0 Å². The highest BCUT2D eigenvalue weighted by molar-refractivity contribution is 6.04. The molecular weight excluding hydrogens is 436 g/mol. The molecule has 4 aromatic rings. The third-order valence-electron chi connectivity index (χ3n) is 7.21. The van der Waals surface area contributed by atoms with E-state index in [1.807, 2.05) is 48.5 Å². The summed E-state index contributed by atoms with van der Waals surface area (Å²) in [6, 6.07) is 24.4. The minimum atomic E-state index is -0.224. The SMILES string of the molecule is COc1ccc([C@H]2C3=C(C[C@@H](c4ccccc4)CC3=O)Nc3ccc4ncccc4c32)cc1OC. The Balaban J connectivity index is 1.56. The summed E-state index contributed by atoms with van der Waals surface area (Å²) in [6.45, 7) is 0. The van der Waals surface area contributed by atoms with Crippen molar-refractivity contribution < 1.29 is 14.3 Å². The monoisotopic (exact) mass is 462 g/mol. The summed E-state index contributed by atoms with van der Waals surface area (Å²) < 4.78 is 11.1. The van der Waals surface area contributed by atoms with Gasteiger partial charge < -0.3 is 14.8 Å². The summed E-state index contributed by atoms with van der Waals surface area (Å²) in [6.07, 6.45) is 3.09. The summed E-state index contributed by atoms with van der Waals surface area (Å²) in [5, 5.41) is 4.69. The fourth-order valence-electron chi connectivity index (χ4n) is 5.61. The van der Waals surface area contributed by atoms with E-state index in [1.165, 1.54) is 5.56 Å². The van der Waals surface area contributed by atoms with E-state index in [0.717, 1.165) is 45.4 Å². The van der Waals surface area contributed by atoms with Crippen LogP contribution < -0.4 is 14.8 Å². The zero-order valence-corrected chi connectivity index (χ0v) is 19.7. The van der Waals surface area contributed by atoms with E-state index >= 15 is 0 Å². The second kappa shape index (κ2) is 8.58. The number of Topliss-reactive ketones (excluding diaryl/α,β-unsaturated/α-hetero) is 1. The third-order valence-corrected chi connectivity index (χ3v) is 7.21. The molecule has 1 aliphatic heterocycles. The molecule has 5 nitrogen and oxygen atoms in total. The molecule has 1 N–H and O–H groups in total. The first-order valence-electron chi connectivity index (χ1n) is 11.9. The van der Waals surface area contributed by atoms with Crippen molar-refractivity contribution in [2.45, 2.75) is 24.7 Å². The lowest BCUT2D eigenvalue weighted by atomic mass is 9.71. The molecule has 0 unspecified atom stereocenters.